The van der Waals surface area contributed by atoms with Crippen molar-refractivity contribution in [3.63, 3.8) is 0 Å². The van der Waals surface area contributed by atoms with Gasteiger partial charge in [0.05, 0.1) is 10.7 Å². The smallest absolute Gasteiger partial charge is 0.227 e. The molecule has 2 N–H and O–H groups in total. The summed E-state index contributed by atoms with van der Waals surface area (Å²) in [6.45, 7) is 2.67. The largest absolute Gasteiger partial charge is 0.486 e. The third-order valence-corrected chi connectivity index (χ3v) is 4.45. The Bertz CT molecular complexity index is 809. The van der Waals surface area contributed by atoms with Gasteiger partial charge in [0, 0.05) is 36.9 Å². The summed E-state index contributed by atoms with van der Waals surface area (Å²) in [6.07, 6.45) is 0.180. The number of nitrogens with zero attached hydrogens (tertiary/aromatic N) is 1. The van der Waals surface area contributed by atoms with Crippen molar-refractivity contribution in [1.29, 1.82) is 0 Å². The van der Waals surface area contributed by atoms with E-state index < -0.39 is 0 Å². The van der Waals surface area contributed by atoms with Gasteiger partial charge < -0.3 is 20.1 Å². The molecule has 0 fully saturated rings. The molecule has 0 saturated heterocycles. The number of carbonyl (C=O) groups is 2. The molecule has 7 nitrogen and oxygen atoms in total. The van der Waals surface area contributed by atoms with Gasteiger partial charge in [0.2, 0.25) is 11.8 Å². The molecular formula is C16H16ClN3O4S. The lowest BCUT2D eigenvalue weighted by Gasteiger charge is -2.19. The minimum atomic E-state index is -0.220. The molecule has 0 spiro atoms. The molecule has 132 valence electrons. The SMILES string of the molecule is CC(=O)NCCC(=O)Nc1nc(-c2cc3c(cc2Cl)OCCO3)cs1. The first-order valence-electron chi connectivity index (χ1n) is 7.62. The van der Waals surface area contributed by atoms with Gasteiger partial charge in [-0.05, 0) is 6.07 Å². The van der Waals surface area contributed by atoms with Gasteiger partial charge >= 0.3 is 0 Å². The Morgan fingerprint density at radius 1 is 1.28 bits per heavy atom. The topological polar surface area (TPSA) is 89.6 Å². The zero-order chi connectivity index (χ0) is 17.8. The van der Waals surface area contributed by atoms with Crippen molar-refractivity contribution in [1.82, 2.24) is 10.3 Å². The fraction of sp³-hybridized carbons (Fsp3) is 0.312. The van der Waals surface area contributed by atoms with Crippen molar-refractivity contribution in [2.45, 2.75) is 13.3 Å². The number of nitrogens with one attached hydrogen (secondary N) is 2. The normalized spacial score (nSPS) is 12.6. The summed E-state index contributed by atoms with van der Waals surface area (Å²) < 4.78 is 11.1. The minimum Gasteiger partial charge on any atom is -0.486 e. The van der Waals surface area contributed by atoms with Gasteiger partial charge in [-0.1, -0.05) is 11.6 Å². The number of amides is 2. The van der Waals surface area contributed by atoms with Crippen molar-refractivity contribution in [2.75, 3.05) is 25.1 Å². The van der Waals surface area contributed by atoms with E-state index in [1.165, 1.54) is 18.3 Å². The average molecular weight is 382 g/mol. The highest BCUT2D eigenvalue weighted by Crippen LogP contribution is 2.40. The van der Waals surface area contributed by atoms with Crippen LogP contribution in [-0.4, -0.2) is 36.6 Å². The van der Waals surface area contributed by atoms with E-state index in [9.17, 15) is 9.59 Å². The molecule has 2 amide bonds. The van der Waals surface area contributed by atoms with Crippen molar-refractivity contribution in [2.24, 2.45) is 0 Å². The van der Waals surface area contributed by atoms with Crippen molar-refractivity contribution in [3.05, 3.63) is 22.5 Å². The summed E-state index contributed by atoms with van der Waals surface area (Å²) >= 11 is 7.61. The zero-order valence-electron chi connectivity index (χ0n) is 13.4. The Hall–Kier alpha value is -2.32. The summed E-state index contributed by atoms with van der Waals surface area (Å²) in [5, 5.41) is 8.05. The summed E-state index contributed by atoms with van der Waals surface area (Å²) in [5.41, 5.74) is 1.35. The summed E-state index contributed by atoms with van der Waals surface area (Å²) in [6, 6.07) is 3.49. The van der Waals surface area contributed by atoms with Crippen LogP contribution < -0.4 is 20.1 Å². The summed E-state index contributed by atoms with van der Waals surface area (Å²) in [5.74, 6) is 0.849. The number of thiazole rings is 1. The molecule has 2 aromatic rings. The number of hydrogen-bond donors (Lipinski definition) is 2. The van der Waals surface area contributed by atoms with E-state index in [-0.39, 0.29) is 24.8 Å². The molecule has 1 aromatic carbocycles. The third kappa shape index (κ3) is 4.40. The predicted octanol–water partition coefficient (Wildman–Crippen LogP) is 2.70. The highest BCUT2D eigenvalue weighted by atomic mass is 35.5. The Morgan fingerprint density at radius 2 is 2.00 bits per heavy atom. The fourth-order valence-corrected chi connectivity index (χ4v) is 3.23. The molecule has 0 saturated carbocycles. The average Bonchev–Trinajstić information content (AvgIpc) is 3.02. The van der Waals surface area contributed by atoms with Crippen LogP contribution in [0.5, 0.6) is 11.5 Å². The van der Waals surface area contributed by atoms with Gasteiger partial charge in [0.1, 0.15) is 13.2 Å². The van der Waals surface area contributed by atoms with E-state index in [2.05, 4.69) is 15.6 Å². The first kappa shape index (κ1) is 17.5. The van der Waals surface area contributed by atoms with Crippen LogP contribution in [-0.2, 0) is 9.59 Å². The van der Waals surface area contributed by atoms with Gasteiger partial charge in [0.15, 0.2) is 16.6 Å². The first-order chi connectivity index (χ1) is 12.0. The summed E-state index contributed by atoms with van der Waals surface area (Å²) in [7, 11) is 0. The minimum absolute atomic E-state index is 0.169. The van der Waals surface area contributed by atoms with E-state index in [1.54, 1.807) is 17.5 Å². The molecular weight excluding hydrogens is 366 g/mol. The maximum absolute atomic E-state index is 11.8. The number of fused-ring (bicyclic) bond motifs is 1. The Balaban J connectivity index is 1.69. The molecule has 0 radical (unpaired) electrons. The molecule has 9 heteroatoms. The highest BCUT2D eigenvalue weighted by molar-refractivity contribution is 7.14. The van der Waals surface area contributed by atoms with Crippen LogP contribution in [0, 0.1) is 0 Å². The third-order valence-electron chi connectivity index (χ3n) is 3.38. The van der Waals surface area contributed by atoms with Crippen LogP contribution >= 0.6 is 22.9 Å². The standard InChI is InChI=1S/C16H16ClN3O4S/c1-9(21)18-3-2-15(22)20-16-19-12(8-25-16)10-6-13-14(7-11(10)17)24-5-4-23-13/h6-8H,2-5H2,1H3,(H,18,21)(H,19,20,22). The molecule has 1 aromatic heterocycles. The van der Waals surface area contributed by atoms with Crippen LogP contribution in [0.25, 0.3) is 11.3 Å². The molecule has 0 unspecified atom stereocenters. The number of halogens is 1. The fourth-order valence-electron chi connectivity index (χ4n) is 2.25. The molecule has 1 aliphatic rings. The molecule has 2 heterocycles. The number of anilines is 1. The van der Waals surface area contributed by atoms with Crippen LogP contribution in [0.15, 0.2) is 17.5 Å². The number of rotatable bonds is 5. The monoisotopic (exact) mass is 381 g/mol. The van der Waals surface area contributed by atoms with Gasteiger partial charge in [-0.3, -0.25) is 9.59 Å². The van der Waals surface area contributed by atoms with E-state index in [4.69, 9.17) is 21.1 Å². The molecule has 3 rings (SSSR count). The lowest BCUT2D eigenvalue weighted by atomic mass is 10.1. The number of hydrogen-bond acceptors (Lipinski definition) is 6. The Morgan fingerprint density at radius 3 is 2.72 bits per heavy atom. The van der Waals surface area contributed by atoms with Crippen molar-refractivity contribution < 1.29 is 19.1 Å². The maximum Gasteiger partial charge on any atom is 0.227 e. The Labute approximate surface area is 153 Å². The second-order valence-electron chi connectivity index (χ2n) is 5.29. The lowest BCUT2D eigenvalue weighted by molar-refractivity contribution is -0.119. The van der Waals surface area contributed by atoms with Crippen LogP contribution in [0.3, 0.4) is 0 Å². The van der Waals surface area contributed by atoms with Gasteiger partial charge in [0.25, 0.3) is 0 Å². The first-order valence-corrected chi connectivity index (χ1v) is 8.88. The Kier molecular flexibility index (Phi) is 5.40. The van der Waals surface area contributed by atoms with Crippen LogP contribution in [0.2, 0.25) is 5.02 Å². The van der Waals surface area contributed by atoms with Gasteiger partial charge in [-0.25, -0.2) is 4.98 Å². The second-order valence-corrected chi connectivity index (χ2v) is 6.56. The van der Waals surface area contributed by atoms with Crippen molar-refractivity contribution in [3.8, 4) is 22.8 Å². The predicted molar refractivity (Wildman–Crippen MR) is 95.5 cm³/mol. The van der Waals surface area contributed by atoms with Gasteiger partial charge in [-0.15, -0.1) is 11.3 Å². The molecule has 0 aliphatic carbocycles. The second kappa shape index (κ2) is 7.71. The lowest BCUT2D eigenvalue weighted by Crippen LogP contribution is -2.25. The molecule has 1 aliphatic heterocycles. The van der Waals surface area contributed by atoms with Crippen LogP contribution in [0.4, 0.5) is 5.13 Å². The number of ether oxygens (including phenoxy) is 2. The molecule has 0 atom stereocenters. The van der Waals surface area contributed by atoms with Crippen LogP contribution in [0.1, 0.15) is 13.3 Å². The molecule has 25 heavy (non-hydrogen) atoms. The maximum atomic E-state index is 11.8. The van der Waals surface area contributed by atoms with E-state index in [0.29, 0.717) is 46.1 Å². The number of carbonyl (C=O) groups excluding carboxylic acids is 2. The summed E-state index contributed by atoms with van der Waals surface area (Å²) in [4.78, 5) is 27.0. The van der Waals surface area contributed by atoms with E-state index in [0.717, 1.165) is 0 Å². The highest BCUT2D eigenvalue weighted by Gasteiger charge is 2.18. The number of aromatic nitrogens is 1. The quantitative estimate of drug-likeness (QED) is 0.831. The zero-order valence-corrected chi connectivity index (χ0v) is 15.0. The van der Waals surface area contributed by atoms with Crippen molar-refractivity contribution >= 4 is 39.9 Å². The number of benzene rings is 1. The van der Waals surface area contributed by atoms with Gasteiger partial charge in [-0.2, -0.15) is 0 Å². The van der Waals surface area contributed by atoms with E-state index >= 15 is 0 Å². The van der Waals surface area contributed by atoms with E-state index in [1.807, 2.05) is 0 Å². The molecule has 0 bridgehead atoms.